The fourth-order valence-electron chi connectivity index (χ4n) is 3.41. The number of fused-ring (bicyclic) bond motifs is 1. The van der Waals surface area contributed by atoms with Gasteiger partial charge in [-0.25, -0.2) is 0 Å². The van der Waals surface area contributed by atoms with Gasteiger partial charge in [-0.15, -0.1) is 10.2 Å². The quantitative estimate of drug-likeness (QED) is 0.199. The Bertz CT molecular complexity index is 1200. The molecule has 0 saturated carbocycles. The van der Waals surface area contributed by atoms with Crippen LogP contribution in [0.2, 0.25) is 0 Å². The molecule has 0 fully saturated rings. The molecule has 2 N–H and O–H groups in total. The molecule has 0 aliphatic rings. The van der Waals surface area contributed by atoms with Gasteiger partial charge in [-0.3, -0.25) is 10.4 Å². The molecule has 0 atom stereocenters. The lowest BCUT2D eigenvalue weighted by Crippen LogP contribution is -2.17. The second-order valence-corrected chi connectivity index (χ2v) is 7.55. The second-order valence-electron chi connectivity index (χ2n) is 7.55. The zero-order valence-electron chi connectivity index (χ0n) is 18.7. The molecule has 0 aliphatic heterocycles. The lowest BCUT2D eigenvalue weighted by molar-refractivity contribution is 0.289. The molecular formula is C26H28N6O. The minimum atomic E-state index is 0.317. The summed E-state index contributed by atoms with van der Waals surface area (Å²) in [6.07, 6.45) is 3.62. The van der Waals surface area contributed by atoms with Crippen LogP contribution in [0.3, 0.4) is 0 Å². The molecule has 4 rings (SSSR count). The van der Waals surface area contributed by atoms with Gasteiger partial charge in [-0.2, -0.15) is 5.10 Å². The molecule has 0 saturated heterocycles. The lowest BCUT2D eigenvalue weighted by Gasteiger charge is -2.10. The fraction of sp³-hybridized carbons (Fsp3) is 0.231. The number of aromatic nitrogens is 3. The van der Waals surface area contributed by atoms with Crippen LogP contribution in [0.4, 0.5) is 5.82 Å². The van der Waals surface area contributed by atoms with Crippen LogP contribution in [0.1, 0.15) is 30.3 Å². The maximum Gasteiger partial charge on any atom is 0.241 e. The zero-order chi connectivity index (χ0) is 22.7. The van der Waals surface area contributed by atoms with E-state index in [1.165, 1.54) is 5.56 Å². The summed E-state index contributed by atoms with van der Waals surface area (Å²) in [6.45, 7) is 3.95. The highest BCUT2D eigenvalue weighted by Gasteiger charge is 2.10. The van der Waals surface area contributed by atoms with Gasteiger partial charge in [0.2, 0.25) is 5.88 Å². The molecule has 0 spiro atoms. The summed E-state index contributed by atoms with van der Waals surface area (Å²) in [5.74, 6) is 1.08. The van der Waals surface area contributed by atoms with E-state index in [9.17, 15) is 0 Å². The van der Waals surface area contributed by atoms with Crippen molar-refractivity contribution in [2.24, 2.45) is 5.10 Å². The Balaban J connectivity index is 1.36. The first-order chi connectivity index (χ1) is 16.3. The van der Waals surface area contributed by atoms with Crippen LogP contribution in [0.5, 0.6) is 5.88 Å². The van der Waals surface area contributed by atoms with Gasteiger partial charge in [0.05, 0.1) is 11.4 Å². The van der Waals surface area contributed by atoms with Gasteiger partial charge in [0.1, 0.15) is 6.61 Å². The number of benzene rings is 2. The van der Waals surface area contributed by atoms with Gasteiger partial charge >= 0.3 is 0 Å². The molecule has 7 nitrogen and oxygen atoms in total. The Morgan fingerprint density at radius 3 is 2.52 bits per heavy atom. The number of hydrogen-bond donors (Lipinski definition) is 2. The van der Waals surface area contributed by atoms with Crippen LogP contribution in [0, 0.1) is 0 Å². The first kappa shape index (κ1) is 22.4. The van der Waals surface area contributed by atoms with E-state index in [1.807, 2.05) is 55.5 Å². The van der Waals surface area contributed by atoms with Crippen molar-refractivity contribution in [1.82, 2.24) is 20.5 Å². The number of anilines is 1. The van der Waals surface area contributed by atoms with Gasteiger partial charge in [0.15, 0.2) is 5.82 Å². The van der Waals surface area contributed by atoms with Crippen LogP contribution in [0.25, 0.3) is 10.8 Å². The highest BCUT2D eigenvalue weighted by molar-refractivity contribution is 5.94. The summed E-state index contributed by atoms with van der Waals surface area (Å²) in [5, 5.41) is 17.9. The third kappa shape index (κ3) is 6.33. The molecular weight excluding hydrogens is 412 g/mol. The first-order valence-corrected chi connectivity index (χ1v) is 11.2. The van der Waals surface area contributed by atoms with Crippen LogP contribution in [0.15, 0.2) is 77.9 Å². The predicted octanol–water partition coefficient (Wildman–Crippen LogP) is 4.74. The summed E-state index contributed by atoms with van der Waals surface area (Å²) in [4.78, 5) is 4.71. The molecule has 0 aliphatic carbocycles. The van der Waals surface area contributed by atoms with Crippen LogP contribution >= 0.6 is 0 Å². The van der Waals surface area contributed by atoms with Gasteiger partial charge in [-0.1, -0.05) is 61.5 Å². The summed E-state index contributed by atoms with van der Waals surface area (Å²) < 4.78 is 6.00. The van der Waals surface area contributed by atoms with Crippen LogP contribution in [-0.4, -0.2) is 27.9 Å². The van der Waals surface area contributed by atoms with Gasteiger partial charge in [0.25, 0.3) is 0 Å². The third-order valence-corrected chi connectivity index (χ3v) is 5.06. The Morgan fingerprint density at radius 1 is 0.879 bits per heavy atom. The summed E-state index contributed by atoms with van der Waals surface area (Å²) in [5.41, 5.74) is 6.10. The van der Waals surface area contributed by atoms with E-state index in [0.29, 0.717) is 24.8 Å². The summed E-state index contributed by atoms with van der Waals surface area (Å²) >= 11 is 0. The van der Waals surface area contributed by atoms with Crippen molar-refractivity contribution in [1.29, 1.82) is 0 Å². The van der Waals surface area contributed by atoms with Gasteiger partial charge in [0, 0.05) is 23.5 Å². The molecule has 7 heteroatoms. The number of nitrogens with zero attached hydrogens (tertiary/aromatic N) is 4. The molecule has 0 amide bonds. The predicted molar refractivity (Wildman–Crippen MR) is 132 cm³/mol. The third-order valence-electron chi connectivity index (χ3n) is 5.06. The molecule has 0 bridgehead atoms. The Hall–Kier alpha value is -3.84. The molecule has 2 aromatic heterocycles. The van der Waals surface area contributed by atoms with Crippen molar-refractivity contribution < 1.29 is 4.74 Å². The minimum absolute atomic E-state index is 0.317. The van der Waals surface area contributed by atoms with Crippen molar-refractivity contribution in [3.8, 4) is 5.88 Å². The monoisotopic (exact) mass is 440 g/mol. The fourth-order valence-corrected chi connectivity index (χ4v) is 3.41. The van der Waals surface area contributed by atoms with Crippen molar-refractivity contribution in [3.05, 3.63) is 89.7 Å². The number of nitrogens with one attached hydrogen (secondary N) is 2. The average Bonchev–Trinajstić information content (AvgIpc) is 2.87. The van der Waals surface area contributed by atoms with E-state index in [1.54, 1.807) is 6.21 Å². The Labute approximate surface area is 193 Å². The van der Waals surface area contributed by atoms with Crippen LogP contribution < -0.4 is 15.5 Å². The molecule has 2 heterocycles. The molecule has 4 aromatic rings. The summed E-state index contributed by atoms with van der Waals surface area (Å²) in [7, 11) is 0. The maximum atomic E-state index is 6.00. The standard InChI is InChI=1S/C26H28N6O/c1-2-16-28-30-25-23-13-6-7-14-24(23)26(32-31-25)33-19-22-12-8-11-21(29-22)18-27-17-15-20-9-4-3-5-10-20/h3-14,16,27H,2,15,17-19H2,1H3,(H,30,31)/b28-16+. The minimum Gasteiger partial charge on any atom is -0.470 e. The lowest BCUT2D eigenvalue weighted by atomic mass is 10.1. The van der Waals surface area contributed by atoms with Crippen molar-refractivity contribution >= 4 is 22.8 Å². The molecule has 2 aromatic carbocycles. The number of hydrazone groups is 1. The van der Waals surface area contributed by atoms with Crippen molar-refractivity contribution in [2.75, 3.05) is 12.0 Å². The Kier molecular flexibility index (Phi) is 7.92. The van der Waals surface area contributed by atoms with E-state index in [0.717, 1.165) is 41.5 Å². The topological polar surface area (TPSA) is 84.3 Å². The zero-order valence-corrected chi connectivity index (χ0v) is 18.7. The van der Waals surface area contributed by atoms with Gasteiger partial charge in [-0.05, 0) is 43.1 Å². The molecule has 168 valence electrons. The molecule has 0 unspecified atom stereocenters. The molecule has 0 radical (unpaired) electrons. The highest BCUT2D eigenvalue weighted by atomic mass is 16.5. The van der Waals surface area contributed by atoms with E-state index in [2.05, 4.69) is 50.3 Å². The Morgan fingerprint density at radius 2 is 1.67 bits per heavy atom. The SMILES string of the molecule is CC/C=N/Nc1nnc(OCc2cccc(CNCCc3ccccc3)n2)c2ccccc12. The summed E-state index contributed by atoms with van der Waals surface area (Å²) in [6, 6.07) is 24.3. The van der Waals surface area contributed by atoms with E-state index in [4.69, 9.17) is 9.72 Å². The first-order valence-electron chi connectivity index (χ1n) is 11.2. The number of ether oxygens (including phenoxy) is 1. The number of rotatable bonds is 11. The van der Waals surface area contributed by atoms with E-state index >= 15 is 0 Å². The number of hydrogen-bond acceptors (Lipinski definition) is 7. The number of pyridine rings is 1. The average molecular weight is 441 g/mol. The smallest absolute Gasteiger partial charge is 0.241 e. The van der Waals surface area contributed by atoms with E-state index in [-0.39, 0.29) is 0 Å². The van der Waals surface area contributed by atoms with Crippen molar-refractivity contribution in [2.45, 2.75) is 32.9 Å². The largest absolute Gasteiger partial charge is 0.470 e. The highest BCUT2D eigenvalue weighted by Crippen LogP contribution is 2.27. The second kappa shape index (κ2) is 11.7. The van der Waals surface area contributed by atoms with E-state index < -0.39 is 0 Å². The maximum absolute atomic E-state index is 6.00. The van der Waals surface area contributed by atoms with Crippen molar-refractivity contribution in [3.63, 3.8) is 0 Å². The molecule has 33 heavy (non-hydrogen) atoms. The normalized spacial score (nSPS) is 11.2. The van der Waals surface area contributed by atoms with Crippen LogP contribution in [-0.2, 0) is 19.6 Å². The van der Waals surface area contributed by atoms with Gasteiger partial charge < -0.3 is 10.1 Å².